The third-order valence-electron chi connectivity index (χ3n) is 3.63. The molecule has 3 aromatic rings. The van der Waals surface area contributed by atoms with Crippen molar-refractivity contribution in [3.05, 3.63) is 80.8 Å². The van der Waals surface area contributed by atoms with Crippen molar-refractivity contribution in [2.24, 2.45) is 0 Å². The predicted octanol–water partition coefficient (Wildman–Crippen LogP) is 7.00. The highest BCUT2D eigenvalue weighted by Crippen LogP contribution is 2.32. The molecular formula is C18H14Cl4N2OS. The molecule has 0 aliphatic carbocycles. The number of nitrogens with zero attached hydrogens (tertiary/aromatic N) is 2. The molecule has 0 aliphatic rings. The first-order chi connectivity index (χ1) is 12.5. The Kier molecular flexibility index (Phi) is 7.15. The van der Waals surface area contributed by atoms with Crippen LogP contribution in [0.15, 0.2) is 60.0 Å². The third kappa shape index (κ3) is 5.32. The molecule has 0 aliphatic heterocycles. The fraction of sp³-hybridized carbons (Fsp3) is 0.167. The minimum atomic E-state index is -0.246. The molecule has 1 heterocycles. The van der Waals surface area contributed by atoms with E-state index < -0.39 is 0 Å². The molecule has 0 amide bonds. The lowest BCUT2D eigenvalue weighted by atomic mass is 10.1. The zero-order chi connectivity index (χ0) is 18.5. The fourth-order valence-corrected chi connectivity index (χ4v) is 3.97. The maximum Gasteiger partial charge on any atom is 0.103 e. The molecule has 0 bridgehead atoms. The van der Waals surface area contributed by atoms with Gasteiger partial charge in [-0.3, -0.25) is 0 Å². The summed E-state index contributed by atoms with van der Waals surface area (Å²) in [7, 11) is 0. The SMILES string of the molecule is Clc1ccc([C@@H](Cn2ccnc2)OCSc2ccc(Cl)c(Cl)c2)c(Cl)c1. The normalized spacial score (nSPS) is 12.3. The summed E-state index contributed by atoms with van der Waals surface area (Å²) in [4.78, 5) is 5.05. The van der Waals surface area contributed by atoms with E-state index in [1.807, 2.05) is 29.0 Å². The summed E-state index contributed by atoms with van der Waals surface area (Å²) in [6.45, 7) is 0.587. The second-order valence-corrected chi connectivity index (χ2v) is 8.07. The maximum absolute atomic E-state index is 6.37. The molecule has 0 fully saturated rings. The van der Waals surface area contributed by atoms with Gasteiger partial charge in [0.25, 0.3) is 0 Å². The number of rotatable bonds is 7. The molecular weight excluding hydrogens is 434 g/mol. The van der Waals surface area contributed by atoms with E-state index in [1.54, 1.807) is 30.7 Å². The molecule has 136 valence electrons. The Morgan fingerprint density at radius 1 is 1.00 bits per heavy atom. The van der Waals surface area contributed by atoms with Gasteiger partial charge in [-0.25, -0.2) is 4.98 Å². The van der Waals surface area contributed by atoms with E-state index >= 15 is 0 Å². The highest BCUT2D eigenvalue weighted by molar-refractivity contribution is 7.99. The standard InChI is InChI=1S/C18H14Cl4N2OS/c19-12-1-3-14(16(21)7-12)18(9-24-6-5-23-10-24)25-11-26-13-2-4-15(20)17(22)8-13/h1-8,10,18H,9,11H2/t18-/m1/s1. The molecule has 3 rings (SSSR count). The second-order valence-electron chi connectivity index (χ2n) is 5.42. The number of benzene rings is 2. The van der Waals surface area contributed by atoms with E-state index in [2.05, 4.69) is 4.98 Å². The first-order valence-corrected chi connectivity index (χ1v) is 10.1. The van der Waals surface area contributed by atoms with Gasteiger partial charge in [0.15, 0.2) is 0 Å². The number of hydrogen-bond donors (Lipinski definition) is 0. The molecule has 3 nitrogen and oxygen atoms in total. The van der Waals surface area contributed by atoms with Crippen LogP contribution in [-0.2, 0) is 11.3 Å². The van der Waals surface area contributed by atoms with Crippen LogP contribution in [0.3, 0.4) is 0 Å². The quantitative estimate of drug-likeness (QED) is 0.288. The monoisotopic (exact) mass is 446 g/mol. The Morgan fingerprint density at radius 2 is 1.85 bits per heavy atom. The van der Waals surface area contributed by atoms with Gasteiger partial charge in [-0.1, -0.05) is 64.2 Å². The lowest BCUT2D eigenvalue weighted by Gasteiger charge is -2.20. The van der Waals surface area contributed by atoms with E-state index in [0.717, 1.165) is 10.5 Å². The molecule has 0 unspecified atom stereocenters. The van der Waals surface area contributed by atoms with Crippen LogP contribution in [0.4, 0.5) is 0 Å². The lowest BCUT2D eigenvalue weighted by molar-refractivity contribution is 0.0759. The average molecular weight is 448 g/mol. The molecule has 1 atom stereocenters. The largest absolute Gasteiger partial charge is 0.361 e. The number of hydrogen-bond acceptors (Lipinski definition) is 3. The zero-order valence-electron chi connectivity index (χ0n) is 13.4. The second kappa shape index (κ2) is 9.36. The third-order valence-corrected chi connectivity index (χ3v) is 5.77. The minimum Gasteiger partial charge on any atom is -0.361 e. The molecule has 0 saturated heterocycles. The van der Waals surface area contributed by atoms with Crippen molar-refractivity contribution in [3.63, 3.8) is 0 Å². The summed E-state index contributed by atoms with van der Waals surface area (Å²) in [5, 5.41) is 2.21. The van der Waals surface area contributed by atoms with Gasteiger partial charge in [-0.05, 0) is 30.3 Å². The summed E-state index contributed by atoms with van der Waals surface area (Å²) in [6, 6.07) is 10.9. The Balaban J connectivity index is 1.71. The van der Waals surface area contributed by atoms with Gasteiger partial charge < -0.3 is 9.30 Å². The Morgan fingerprint density at radius 3 is 2.54 bits per heavy atom. The van der Waals surface area contributed by atoms with Gasteiger partial charge in [-0.2, -0.15) is 0 Å². The lowest BCUT2D eigenvalue weighted by Crippen LogP contribution is -2.12. The van der Waals surface area contributed by atoms with Crippen molar-refractivity contribution in [3.8, 4) is 0 Å². The van der Waals surface area contributed by atoms with Crippen LogP contribution < -0.4 is 0 Å². The van der Waals surface area contributed by atoms with Crippen LogP contribution in [0.1, 0.15) is 11.7 Å². The van der Waals surface area contributed by atoms with Gasteiger partial charge in [-0.15, -0.1) is 0 Å². The van der Waals surface area contributed by atoms with Crippen molar-refractivity contribution in [2.75, 3.05) is 5.94 Å². The minimum absolute atomic E-state index is 0.246. The van der Waals surface area contributed by atoms with Crippen molar-refractivity contribution >= 4 is 58.2 Å². The topological polar surface area (TPSA) is 27.1 Å². The van der Waals surface area contributed by atoms with Crippen LogP contribution >= 0.6 is 58.2 Å². The summed E-state index contributed by atoms with van der Waals surface area (Å²) in [5.74, 6) is 0.427. The van der Waals surface area contributed by atoms with Gasteiger partial charge in [0.05, 0.1) is 28.9 Å². The van der Waals surface area contributed by atoms with Crippen LogP contribution in [-0.4, -0.2) is 15.5 Å². The summed E-state index contributed by atoms with van der Waals surface area (Å²) >= 11 is 25.9. The number of imidazole rings is 1. The molecule has 0 spiro atoms. The Labute approximate surface area is 176 Å². The van der Waals surface area contributed by atoms with E-state index in [0.29, 0.717) is 32.6 Å². The summed E-state index contributed by atoms with van der Waals surface area (Å²) in [6.07, 6.45) is 5.10. The number of ether oxygens (including phenoxy) is 1. The van der Waals surface area contributed by atoms with Crippen LogP contribution in [0, 0.1) is 0 Å². The first-order valence-electron chi connectivity index (χ1n) is 7.63. The van der Waals surface area contributed by atoms with Crippen molar-refractivity contribution in [1.82, 2.24) is 9.55 Å². The van der Waals surface area contributed by atoms with E-state index in [4.69, 9.17) is 51.1 Å². The van der Waals surface area contributed by atoms with Gasteiger partial charge >= 0.3 is 0 Å². The van der Waals surface area contributed by atoms with Crippen molar-refractivity contribution in [1.29, 1.82) is 0 Å². The smallest absolute Gasteiger partial charge is 0.103 e. The van der Waals surface area contributed by atoms with Crippen LogP contribution in [0.5, 0.6) is 0 Å². The number of thioether (sulfide) groups is 1. The zero-order valence-corrected chi connectivity index (χ0v) is 17.3. The van der Waals surface area contributed by atoms with E-state index in [9.17, 15) is 0 Å². The fourth-order valence-electron chi connectivity index (χ4n) is 2.34. The van der Waals surface area contributed by atoms with Crippen molar-refractivity contribution < 1.29 is 4.74 Å². The van der Waals surface area contributed by atoms with Crippen LogP contribution in [0.2, 0.25) is 20.1 Å². The molecule has 2 aromatic carbocycles. The van der Waals surface area contributed by atoms with E-state index in [-0.39, 0.29) is 6.10 Å². The van der Waals surface area contributed by atoms with E-state index in [1.165, 1.54) is 11.8 Å². The molecule has 26 heavy (non-hydrogen) atoms. The van der Waals surface area contributed by atoms with Gasteiger partial charge in [0, 0.05) is 32.9 Å². The maximum atomic E-state index is 6.37. The van der Waals surface area contributed by atoms with Gasteiger partial charge in [0.2, 0.25) is 0 Å². The Bertz CT molecular complexity index is 874. The average Bonchev–Trinajstić information content (AvgIpc) is 3.10. The van der Waals surface area contributed by atoms with Crippen molar-refractivity contribution in [2.45, 2.75) is 17.5 Å². The summed E-state index contributed by atoms with van der Waals surface area (Å²) in [5.41, 5.74) is 0.875. The molecule has 0 saturated carbocycles. The van der Waals surface area contributed by atoms with Gasteiger partial charge in [0.1, 0.15) is 6.10 Å². The number of halogens is 4. The highest BCUT2D eigenvalue weighted by Gasteiger charge is 2.17. The molecule has 0 N–H and O–H groups in total. The predicted molar refractivity (Wildman–Crippen MR) is 110 cm³/mol. The molecule has 1 aromatic heterocycles. The molecule has 8 heteroatoms. The molecule has 0 radical (unpaired) electrons. The highest BCUT2D eigenvalue weighted by atomic mass is 35.5. The van der Waals surface area contributed by atoms with Crippen LogP contribution in [0.25, 0.3) is 0 Å². The summed E-state index contributed by atoms with van der Waals surface area (Å²) < 4.78 is 8.05. The first kappa shape index (κ1) is 19.9. The Hall–Kier alpha value is -0.880. The number of aromatic nitrogens is 2.